The maximum atomic E-state index is 11.5. The minimum Gasteiger partial charge on any atom is -0.478 e. The quantitative estimate of drug-likeness (QED) is 0.522. The molecule has 0 aromatic rings. The lowest BCUT2D eigenvalue weighted by Gasteiger charge is -2.18. The number of aliphatic carboxylic acids is 1. The number of carboxylic acid groups (broad SMARTS) is 1. The molecule has 6 heteroatoms. The van der Waals surface area contributed by atoms with Gasteiger partial charge < -0.3 is 10.0 Å². The summed E-state index contributed by atoms with van der Waals surface area (Å²) in [5, 5.41) is 10.3. The van der Waals surface area contributed by atoms with Crippen LogP contribution in [0.4, 0.5) is 4.79 Å². The molecule has 0 aliphatic carbocycles. The maximum Gasteiger partial charge on any atom is 0.328 e. The van der Waals surface area contributed by atoms with Gasteiger partial charge in [0.05, 0.1) is 0 Å². The molecular weight excluding hydrogens is 224 g/mol. The molecule has 6 nitrogen and oxygen atoms in total. The third kappa shape index (κ3) is 6.67. The number of imide groups is 1. The predicted molar refractivity (Wildman–Crippen MR) is 62.3 cm³/mol. The number of rotatable bonds is 6. The second-order valence-electron chi connectivity index (χ2n) is 2.95. The highest BCUT2D eigenvalue weighted by molar-refractivity contribution is 6.02. The lowest BCUT2D eigenvalue weighted by atomic mass is 10.4. The van der Waals surface area contributed by atoms with Gasteiger partial charge in [-0.25, -0.2) is 9.59 Å². The molecule has 0 aromatic heterocycles. The highest BCUT2D eigenvalue weighted by Gasteiger charge is 2.12. The molecule has 0 aliphatic rings. The summed E-state index contributed by atoms with van der Waals surface area (Å²) in [5.41, 5.74) is 0. The fraction of sp³-hybridized carbons (Fsp3) is 0.182. The Kier molecular flexibility index (Phi) is 6.77. The Hall–Kier alpha value is -2.37. The summed E-state index contributed by atoms with van der Waals surface area (Å²) in [5.74, 6) is -2.06. The molecule has 0 saturated carbocycles. The molecular formula is C11H14N2O4. The summed E-state index contributed by atoms with van der Waals surface area (Å²) in [6, 6.07) is -0.634. The number of amides is 3. The van der Waals surface area contributed by atoms with Crippen LogP contribution in [0.25, 0.3) is 0 Å². The maximum absolute atomic E-state index is 11.5. The molecule has 0 bridgehead atoms. The van der Waals surface area contributed by atoms with E-state index in [0.717, 1.165) is 6.08 Å². The van der Waals surface area contributed by atoms with Crippen molar-refractivity contribution in [3.63, 3.8) is 0 Å². The molecule has 0 atom stereocenters. The molecule has 0 heterocycles. The number of nitrogens with one attached hydrogen (secondary N) is 1. The number of nitrogens with zero attached hydrogens (tertiary/aromatic N) is 1. The lowest BCUT2D eigenvalue weighted by Crippen LogP contribution is -2.42. The topological polar surface area (TPSA) is 86.7 Å². The predicted octanol–water partition coefficient (Wildman–Crippen LogP) is 0.537. The summed E-state index contributed by atoms with van der Waals surface area (Å²) >= 11 is 0. The van der Waals surface area contributed by atoms with E-state index in [9.17, 15) is 14.4 Å². The van der Waals surface area contributed by atoms with E-state index >= 15 is 0 Å². The molecule has 0 aliphatic heterocycles. The zero-order chi connectivity index (χ0) is 13.3. The van der Waals surface area contributed by atoms with E-state index in [1.807, 2.05) is 5.32 Å². The van der Waals surface area contributed by atoms with E-state index < -0.39 is 17.9 Å². The van der Waals surface area contributed by atoms with Crippen LogP contribution in [0.5, 0.6) is 0 Å². The Morgan fingerprint density at radius 3 is 2.06 bits per heavy atom. The van der Waals surface area contributed by atoms with Gasteiger partial charge in [0.1, 0.15) is 0 Å². The highest BCUT2D eigenvalue weighted by Crippen LogP contribution is 1.91. The van der Waals surface area contributed by atoms with Crippen molar-refractivity contribution < 1.29 is 19.5 Å². The summed E-state index contributed by atoms with van der Waals surface area (Å²) < 4.78 is 0. The fourth-order valence-corrected chi connectivity index (χ4v) is 0.925. The van der Waals surface area contributed by atoms with Crippen molar-refractivity contribution >= 4 is 17.9 Å². The van der Waals surface area contributed by atoms with Crippen molar-refractivity contribution in [1.29, 1.82) is 0 Å². The van der Waals surface area contributed by atoms with E-state index in [4.69, 9.17) is 5.11 Å². The smallest absolute Gasteiger partial charge is 0.328 e. The first-order valence-electron chi connectivity index (χ1n) is 4.74. The Morgan fingerprint density at radius 2 is 1.65 bits per heavy atom. The van der Waals surface area contributed by atoms with E-state index in [1.54, 1.807) is 0 Å². The van der Waals surface area contributed by atoms with E-state index in [-0.39, 0.29) is 13.1 Å². The van der Waals surface area contributed by atoms with Gasteiger partial charge >= 0.3 is 12.0 Å². The van der Waals surface area contributed by atoms with Crippen LogP contribution in [0.15, 0.2) is 37.5 Å². The van der Waals surface area contributed by atoms with Crippen molar-refractivity contribution in [2.24, 2.45) is 0 Å². The van der Waals surface area contributed by atoms with E-state index in [2.05, 4.69) is 13.2 Å². The Balaban J connectivity index is 4.38. The summed E-state index contributed by atoms with van der Waals surface area (Å²) in [6.07, 6.45) is 4.41. The van der Waals surface area contributed by atoms with Crippen LogP contribution in [-0.4, -0.2) is 41.0 Å². The minimum absolute atomic E-state index is 0.258. The van der Waals surface area contributed by atoms with Gasteiger partial charge in [-0.15, -0.1) is 13.2 Å². The third-order valence-electron chi connectivity index (χ3n) is 1.59. The number of carbonyl (C=O) groups is 3. The molecule has 0 aromatic carbocycles. The standard InChI is InChI=1S/C11H14N2O4/c1-3-7-13(8-4-2)11(17)12-9(14)5-6-10(15)16/h3-6H,1-2,7-8H2,(H,15,16)(H,12,14,17)/b6-5+. The molecule has 3 amide bonds. The van der Waals surface area contributed by atoms with Crippen molar-refractivity contribution in [1.82, 2.24) is 10.2 Å². The number of carbonyl (C=O) groups excluding carboxylic acids is 2. The van der Waals surface area contributed by atoms with Crippen LogP contribution in [-0.2, 0) is 9.59 Å². The van der Waals surface area contributed by atoms with Crippen molar-refractivity contribution in [3.05, 3.63) is 37.5 Å². The van der Waals surface area contributed by atoms with Crippen LogP contribution in [0.2, 0.25) is 0 Å². The molecule has 0 spiro atoms. The van der Waals surface area contributed by atoms with Crippen molar-refractivity contribution in [2.75, 3.05) is 13.1 Å². The van der Waals surface area contributed by atoms with Crippen LogP contribution in [0.3, 0.4) is 0 Å². The van der Waals surface area contributed by atoms with Crippen LogP contribution in [0, 0.1) is 0 Å². The van der Waals surface area contributed by atoms with Gasteiger partial charge in [0.15, 0.2) is 0 Å². The van der Waals surface area contributed by atoms with Gasteiger partial charge in [0, 0.05) is 25.2 Å². The zero-order valence-electron chi connectivity index (χ0n) is 9.26. The first-order chi connectivity index (χ1) is 8.01. The first kappa shape index (κ1) is 14.6. The van der Waals surface area contributed by atoms with Gasteiger partial charge in [0.2, 0.25) is 0 Å². The fourth-order valence-electron chi connectivity index (χ4n) is 0.925. The average Bonchev–Trinajstić information content (AvgIpc) is 2.26. The Labute approximate surface area is 98.9 Å². The molecule has 0 fully saturated rings. The molecule has 0 rings (SSSR count). The Bertz CT molecular complexity index is 350. The van der Waals surface area contributed by atoms with Gasteiger partial charge in [-0.05, 0) is 0 Å². The van der Waals surface area contributed by atoms with Gasteiger partial charge in [0.25, 0.3) is 5.91 Å². The highest BCUT2D eigenvalue weighted by atomic mass is 16.4. The summed E-state index contributed by atoms with van der Waals surface area (Å²) in [7, 11) is 0. The minimum atomic E-state index is -1.26. The van der Waals surface area contributed by atoms with E-state index in [0.29, 0.717) is 6.08 Å². The summed E-state index contributed by atoms with van der Waals surface area (Å²) in [4.78, 5) is 34.0. The van der Waals surface area contributed by atoms with Gasteiger partial charge in [-0.1, -0.05) is 12.2 Å². The molecule has 0 saturated heterocycles. The number of hydrogen-bond donors (Lipinski definition) is 2. The molecule has 2 N–H and O–H groups in total. The molecule has 0 unspecified atom stereocenters. The van der Waals surface area contributed by atoms with Gasteiger partial charge in [-0.2, -0.15) is 0 Å². The van der Waals surface area contributed by atoms with Crippen molar-refractivity contribution in [2.45, 2.75) is 0 Å². The third-order valence-corrected chi connectivity index (χ3v) is 1.59. The van der Waals surface area contributed by atoms with Crippen molar-refractivity contribution in [3.8, 4) is 0 Å². The van der Waals surface area contributed by atoms with Crippen LogP contribution >= 0.6 is 0 Å². The molecule has 0 radical (unpaired) electrons. The normalized spacial score (nSPS) is 9.65. The largest absolute Gasteiger partial charge is 0.478 e. The number of urea groups is 1. The lowest BCUT2D eigenvalue weighted by molar-refractivity contribution is -0.131. The first-order valence-corrected chi connectivity index (χ1v) is 4.74. The van der Waals surface area contributed by atoms with E-state index in [1.165, 1.54) is 17.1 Å². The second-order valence-corrected chi connectivity index (χ2v) is 2.95. The number of carboxylic acids is 1. The Morgan fingerprint density at radius 1 is 1.12 bits per heavy atom. The van der Waals surface area contributed by atoms with Crippen LogP contribution in [0.1, 0.15) is 0 Å². The average molecular weight is 238 g/mol. The monoisotopic (exact) mass is 238 g/mol. The zero-order valence-corrected chi connectivity index (χ0v) is 9.26. The molecule has 17 heavy (non-hydrogen) atoms. The van der Waals surface area contributed by atoms with Gasteiger partial charge in [-0.3, -0.25) is 10.1 Å². The second kappa shape index (κ2) is 7.86. The summed E-state index contributed by atoms with van der Waals surface area (Å²) in [6.45, 7) is 7.46. The van der Waals surface area contributed by atoms with Crippen LogP contribution < -0.4 is 5.32 Å². The molecule has 92 valence electrons. The number of hydrogen-bond acceptors (Lipinski definition) is 3. The SMILES string of the molecule is C=CCN(CC=C)C(=O)NC(=O)/C=C/C(=O)O.